The molecule has 3 heterocycles. The molecule has 1 fully saturated rings. The highest BCUT2D eigenvalue weighted by Gasteiger charge is 2.33. The summed E-state index contributed by atoms with van der Waals surface area (Å²) in [4.78, 5) is 1.82. The molecule has 3 aromatic rings. The number of nitrogens with one attached hydrogen (secondary N) is 2. The molecule has 1 unspecified atom stereocenters. The van der Waals surface area contributed by atoms with E-state index in [0.29, 0.717) is 18.0 Å². The number of hydrogen-bond acceptors (Lipinski definition) is 6. The maximum Gasteiger partial charge on any atom is 0.446 e. The van der Waals surface area contributed by atoms with Crippen LogP contribution < -0.4 is 20.7 Å². The Morgan fingerprint density at radius 2 is 2.03 bits per heavy atom. The third kappa shape index (κ3) is 6.85. The summed E-state index contributed by atoms with van der Waals surface area (Å²) in [6, 6.07) is 10.3. The van der Waals surface area contributed by atoms with Crippen molar-refractivity contribution in [2.24, 2.45) is 0 Å². The van der Waals surface area contributed by atoms with Crippen molar-refractivity contribution in [1.82, 2.24) is 14.5 Å². The number of alkyl halides is 4. The molecule has 2 N–H and O–H groups in total. The molecule has 0 amide bonds. The maximum atomic E-state index is 14.6. The van der Waals surface area contributed by atoms with Gasteiger partial charge in [-0.15, -0.1) is 0 Å². The second-order valence-corrected chi connectivity index (χ2v) is 12.6. The lowest BCUT2D eigenvalue weighted by atomic mass is 10.0. The van der Waals surface area contributed by atoms with Crippen LogP contribution in [-0.4, -0.2) is 79.4 Å². The zero-order valence-electron chi connectivity index (χ0n) is 21.6. The first kappa shape index (κ1) is 28.3. The van der Waals surface area contributed by atoms with Crippen molar-refractivity contribution in [2.75, 3.05) is 57.8 Å². The molecule has 1 aliphatic rings. The van der Waals surface area contributed by atoms with Crippen LogP contribution in [-0.2, 0) is 0 Å². The molecule has 204 valence electrons. The summed E-state index contributed by atoms with van der Waals surface area (Å²) in [6.07, 6.45) is -0.540. The van der Waals surface area contributed by atoms with E-state index in [4.69, 9.17) is 4.74 Å². The van der Waals surface area contributed by atoms with Gasteiger partial charge in [0.25, 0.3) is 0 Å². The highest BCUT2D eigenvalue weighted by Crippen LogP contribution is 2.41. The highest BCUT2D eigenvalue weighted by molar-refractivity contribution is 8.00. The first-order chi connectivity index (χ1) is 18.1. The Morgan fingerprint density at radius 3 is 2.71 bits per heavy atom. The molecule has 6 nitrogen and oxygen atoms in total. The number of halogens is 4. The molecular formula is C26H30F4N5OPS. The van der Waals surface area contributed by atoms with Gasteiger partial charge < -0.3 is 20.3 Å². The lowest BCUT2D eigenvalue weighted by Gasteiger charge is -2.33. The van der Waals surface area contributed by atoms with E-state index in [1.54, 1.807) is 25.3 Å². The minimum atomic E-state index is -4.52. The molecule has 12 heteroatoms. The largest absolute Gasteiger partial charge is 0.495 e. The Bertz CT molecular complexity index is 1340. The molecule has 38 heavy (non-hydrogen) atoms. The fourth-order valence-electron chi connectivity index (χ4n) is 4.24. The van der Waals surface area contributed by atoms with Crippen LogP contribution in [0.15, 0.2) is 41.3 Å². The predicted octanol–water partition coefficient (Wildman–Crippen LogP) is 5.24. The molecule has 0 bridgehead atoms. The van der Waals surface area contributed by atoms with Gasteiger partial charge in [0.05, 0.1) is 35.8 Å². The number of hydrogen-bond donors (Lipinski definition) is 2. The summed E-state index contributed by atoms with van der Waals surface area (Å²) in [5.41, 5.74) is -3.51. The Balaban J connectivity index is 1.60. The first-order valence-corrected chi connectivity index (χ1v) is 15.1. The first-order valence-electron chi connectivity index (χ1n) is 12.0. The van der Waals surface area contributed by atoms with Crippen LogP contribution in [0, 0.1) is 11.8 Å². The summed E-state index contributed by atoms with van der Waals surface area (Å²) in [5, 5.41) is 11.9. The lowest BCUT2D eigenvalue weighted by Crippen LogP contribution is -2.46. The summed E-state index contributed by atoms with van der Waals surface area (Å²) in [6.45, 7) is 5.49. The van der Waals surface area contributed by atoms with Crippen molar-refractivity contribution < 1.29 is 22.3 Å². The zero-order chi connectivity index (χ0) is 27.4. The van der Waals surface area contributed by atoms with Crippen molar-refractivity contribution in [3.63, 3.8) is 0 Å². The molecule has 1 aliphatic heterocycles. The van der Waals surface area contributed by atoms with Crippen LogP contribution in [0.1, 0.15) is 12.1 Å². The van der Waals surface area contributed by atoms with Crippen molar-refractivity contribution >= 4 is 42.0 Å². The van der Waals surface area contributed by atoms with E-state index in [-0.39, 0.29) is 48.9 Å². The van der Waals surface area contributed by atoms with Crippen LogP contribution >= 0.6 is 19.7 Å². The minimum Gasteiger partial charge on any atom is -0.495 e. The number of likely N-dealkylation sites (tertiary alicyclic amines) is 1. The number of aromatic nitrogens is 2. The number of rotatable bonds is 7. The highest BCUT2D eigenvalue weighted by atomic mass is 32.2. The molecular weight excluding hydrogens is 537 g/mol. The Hall–Kier alpha value is -2.67. The molecule has 1 aromatic carbocycles. The second kappa shape index (κ2) is 12.0. The number of pyridine rings is 1. The summed E-state index contributed by atoms with van der Waals surface area (Å²) >= 11 is -0.249. The number of anilines is 2. The van der Waals surface area contributed by atoms with Gasteiger partial charge in [-0.25, -0.2) is 8.91 Å². The van der Waals surface area contributed by atoms with E-state index in [1.165, 1.54) is 9.82 Å². The van der Waals surface area contributed by atoms with E-state index < -0.39 is 17.7 Å². The fraction of sp³-hybridized carbons (Fsp3) is 0.423. The van der Waals surface area contributed by atoms with Gasteiger partial charge in [0, 0.05) is 13.1 Å². The Kier molecular flexibility index (Phi) is 8.96. The Labute approximate surface area is 225 Å². The SMILES string of the molecule is COc1cc(P(C)C)ccc1NCC#Cc1nn2c(N[C@@H]3CCN(C)CC3F)cccc2c1SC(F)(F)F. The molecule has 2 aromatic heterocycles. The number of fused-ring (bicyclic) bond motifs is 1. The van der Waals surface area contributed by atoms with E-state index in [9.17, 15) is 17.6 Å². The van der Waals surface area contributed by atoms with E-state index in [0.717, 1.165) is 12.2 Å². The number of benzene rings is 1. The van der Waals surface area contributed by atoms with Gasteiger partial charge in [-0.3, -0.25) is 0 Å². The minimum absolute atomic E-state index is 0.00784. The van der Waals surface area contributed by atoms with Crippen LogP contribution in [0.25, 0.3) is 5.52 Å². The quantitative estimate of drug-likeness (QED) is 0.176. The van der Waals surface area contributed by atoms with E-state index in [2.05, 4.69) is 40.9 Å². The number of methoxy groups -OCH3 is 1. The van der Waals surface area contributed by atoms with Crippen LogP contribution in [0.5, 0.6) is 5.75 Å². The number of piperidine rings is 1. The third-order valence-corrected chi connectivity index (χ3v) is 8.33. The average molecular weight is 568 g/mol. The van der Waals surface area contributed by atoms with E-state index >= 15 is 0 Å². The summed E-state index contributed by atoms with van der Waals surface area (Å²) in [7, 11) is 3.16. The number of nitrogens with zero attached hydrogens (tertiary/aromatic N) is 3. The van der Waals surface area contributed by atoms with Gasteiger partial charge in [0.15, 0.2) is 0 Å². The third-order valence-electron chi connectivity index (χ3n) is 6.18. The smallest absolute Gasteiger partial charge is 0.446 e. The second-order valence-electron chi connectivity index (χ2n) is 9.19. The molecule has 0 aliphatic carbocycles. The number of ether oxygens (including phenoxy) is 1. The Morgan fingerprint density at radius 1 is 1.24 bits per heavy atom. The van der Waals surface area contributed by atoms with Gasteiger partial charge in [-0.1, -0.05) is 26.0 Å². The van der Waals surface area contributed by atoms with Gasteiger partial charge >= 0.3 is 5.51 Å². The summed E-state index contributed by atoms with van der Waals surface area (Å²) in [5.74, 6) is 6.78. The molecule has 0 spiro atoms. The average Bonchev–Trinajstić information content (AvgIpc) is 3.20. The van der Waals surface area contributed by atoms with Gasteiger partial charge in [0.2, 0.25) is 0 Å². The standard InChI is InChI=1S/C26H30F4N5OPS/c1-34-14-12-19(18(27)16-34)32-24-9-5-8-22-25(38-26(28,29)30)21(33-35(22)24)7-6-13-31-20-11-10-17(37(3)4)15-23(20)36-2/h5,8-11,15,18-19,31-32H,12-14,16H2,1-4H3/t18?,19-/m1/s1. The van der Waals surface area contributed by atoms with Crippen molar-refractivity contribution in [3.8, 4) is 17.6 Å². The van der Waals surface area contributed by atoms with Crippen LogP contribution in [0.3, 0.4) is 0 Å². The van der Waals surface area contributed by atoms with Gasteiger partial charge in [0.1, 0.15) is 23.4 Å². The van der Waals surface area contributed by atoms with Crippen LogP contribution in [0.2, 0.25) is 0 Å². The zero-order valence-corrected chi connectivity index (χ0v) is 23.3. The summed E-state index contributed by atoms with van der Waals surface area (Å²) < 4.78 is 61.8. The molecule has 0 radical (unpaired) electrons. The van der Waals surface area contributed by atoms with Crippen molar-refractivity contribution in [1.29, 1.82) is 0 Å². The monoisotopic (exact) mass is 567 g/mol. The maximum absolute atomic E-state index is 14.6. The molecule has 2 atom stereocenters. The topological polar surface area (TPSA) is 53.8 Å². The number of thioether (sulfide) groups is 1. The van der Waals surface area contributed by atoms with Crippen LogP contribution in [0.4, 0.5) is 29.1 Å². The fourth-order valence-corrected chi connectivity index (χ4v) is 5.66. The molecule has 4 rings (SSSR count). The lowest BCUT2D eigenvalue weighted by molar-refractivity contribution is -0.0327. The van der Waals surface area contributed by atoms with E-state index in [1.807, 2.05) is 30.1 Å². The molecule has 0 saturated carbocycles. The van der Waals surface area contributed by atoms with Crippen molar-refractivity contribution in [2.45, 2.75) is 29.0 Å². The molecule has 1 saturated heterocycles. The normalized spacial score (nSPS) is 18.3. The van der Waals surface area contributed by atoms with Crippen molar-refractivity contribution in [3.05, 3.63) is 42.1 Å². The van der Waals surface area contributed by atoms with Gasteiger partial charge in [-0.05, 0) is 74.1 Å². The van der Waals surface area contributed by atoms with Gasteiger partial charge in [-0.2, -0.15) is 18.3 Å². The predicted molar refractivity (Wildman–Crippen MR) is 148 cm³/mol.